The molecule has 0 aromatic carbocycles. The van der Waals surface area contributed by atoms with E-state index in [0.29, 0.717) is 5.16 Å². The minimum absolute atomic E-state index is 0.0380. The second-order valence-electron chi connectivity index (χ2n) is 3.68. The van der Waals surface area contributed by atoms with E-state index in [4.69, 9.17) is 5.11 Å². The molecule has 0 spiro atoms. The van der Waals surface area contributed by atoms with Crippen LogP contribution in [0.25, 0.3) is 0 Å². The van der Waals surface area contributed by atoms with E-state index in [2.05, 4.69) is 20.3 Å². The highest BCUT2D eigenvalue weighted by molar-refractivity contribution is 7.99. The number of hydrogen-bond donors (Lipinski definition) is 1. The molecule has 0 atom stereocenters. The van der Waals surface area contributed by atoms with E-state index >= 15 is 0 Å². The van der Waals surface area contributed by atoms with E-state index in [1.165, 1.54) is 23.6 Å². The van der Waals surface area contributed by atoms with Gasteiger partial charge in [-0.2, -0.15) is 0 Å². The van der Waals surface area contributed by atoms with Gasteiger partial charge in [0.05, 0.1) is 7.11 Å². The van der Waals surface area contributed by atoms with Crippen LogP contribution in [0.2, 0.25) is 0 Å². The van der Waals surface area contributed by atoms with Gasteiger partial charge >= 0.3 is 5.97 Å². The van der Waals surface area contributed by atoms with Crippen LogP contribution in [0.4, 0.5) is 0 Å². The number of methoxy groups -OCH3 is 1. The fraction of sp³-hybridized carbons (Fsp3) is 0.800. The number of thioether (sulfide) groups is 1. The summed E-state index contributed by atoms with van der Waals surface area (Å²) in [4.78, 5) is 11.1. The fourth-order valence-electron chi connectivity index (χ4n) is 1.32. The molecule has 0 saturated carbocycles. The van der Waals surface area contributed by atoms with Gasteiger partial charge in [-0.05, 0) is 23.3 Å². The first-order valence-electron chi connectivity index (χ1n) is 5.84. The molecule has 0 aliphatic heterocycles. The van der Waals surface area contributed by atoms with Gasteiger partial charge in [-0.1, -0.05) is 24.6 Å². The molecule has 1 heterocycles. The number of tetrazole rings is 1. The Bertz CT molecular complexity index is 359. The Morgan fingerprint density at radius 1 is 1.39 bits per heavy atom. The molecule has 1 aromatic rings. The molecule has 1 rings (SSSR count). The summed E-state index contributed by atoms with van der Waals surface area (Å²) in [5.41, 5.74) is 0. The Hall–Kier alpha value is -1.15. The lowest BCUT2D eigenvalue weighted by Crippen LogP contribution is -2.13. The predicted molar refractivity (Wildman–Crippen MR) is 66.1 cm³/mol. The first-order valence-corrected chi connectivity index (χ1v) is 6.83. The largest absolute Gasteiger partial charge is 0.468 e. The van der Waals surface area contributed by atoms with Crippen LogP contribution in [0.3, 0.4) is 0 Å². The highest BCUT2D eigenvalue weighted by atomic mass is 32.2. The molecule has 0 bridgehead atoms. The summed E-state index contributed by atoms with van der Waals surface area (Å²) in [6, 6.07) is 0. The van der Waals surface area contributed by atoms with Crippen molar-refractivity contribution in [2.75, 3.05) is 19.5 Å². The van der Waals surface area contributed by atoms with Gasteiger partial charge < -0.3 is 9.84 Å². The molecule has 8 heteroatoms. The van der Waals surface area contributed by atoms with Gasteiger partial charge in [0, 0.05) is 12.4 Å². The van der Waals surface area contributed by atoms with Crippen molar-refractivity contribution in [1.29, 1.82) is 0 Å². The third kappa shape index (κ3) is 5.46. The van der Waals surface area contributed by atoms with Crippen LogP contribution in [-0.2, 0) is 16.1 Å². The Balaban J connectivity index is 2.25. The minimum atomic E-state index is -0.368. The number of hydrogen-bond acceptors (Lipinski definition) is 7. The van der Waals surface area contributed by atoms with Crippen LogP contribution < -0.4 is 0 Å². The van der Waals surface area contributed by atoms with Crippen molar-refractivity contribution in [1.82, 2.24) is 20.2 Å². The average molecular weight is 274 g/mol. The Kier molecular flexibility index (Phi) is 7.35. The molecule has 0 amide bonds. The molecule has 0 aliphatic rings. The topological polar surface area (TPSA) is 90.1 Å². The molecule has 0 fully saturated rings. The number of carbonyl (C=O) groups excluding carboxylic acids is 1. The summed E-state index contributed by atoms with van der Waals surface area (Å²) >= 11 is 1.52. The number of ether oxygens (including phenoxy) is 1. The first-order chi connectivity index (χ1) is 8.77. The van der Waals surface area contributed by atoms with Gasteiger partial charge in [-0.15, -0.1) is 5.10 Å². The van der Waals surface area contributed by atoms with Crippen LogP contribution >= 0.6 is 11.8 Å². The Morgan fingerprint density at radius 2 is 2.17 bits per heavy atom. The Morgan fingerprint density at radius 3 is 2.89 bits per heavy atom. The molecule has 0 saturated heterocycles. The quantitative estimate of drug-likeness (QED) is 0.398. The lowest BCUT2D eigenvalue weighted by Gasteiger charge is -2.02. The maximum Gasteiger partial charge on any atom is 0.327 e. The molecule has 7 nitrogen and oxygen atoms in total. The lowest BCUT2D eigenvalue weighted by atomic mass is 10.2. The highest BCUT2D eigenvalue weighted by Crippen LogP contribution is 2.16. The number of aliphatic hydroxyl groups excluding tert-OH is 1. The Labute approximate surface area is 110 Å². The second kappa shape index (κ2) is 8.87. The van der Waals surface area contributed by atoms with Crippen molar-refractivity contribution in [3.05, 3.63) is 0 Å². The van der Waals surface area contributed by atoms with Crippen molar-refractivity contribution in [3.8, 4) is 0 Å². The zero-order valence-electron chi connectivity index (χ0n) is 10.4. The predicted octanol–water partition coefficient (Wildman–Crippen LogP) is 0.491. The summed E-state index contributed by atoms with van der Waals surface area (Å²) in [6.07, 6.45) is 4.00. The van der Waals surface area contributed by atoms with Crippen molar-refractivity contribution in [2.45, 2.75) is 37.4 Å². The SMILES string of the molecule is COC(=O)Cn1nnnc1SCCCCCCO. The normalized spacial score (nSPS) is 10.6. The van der Waals surface area contributed by atoms with Gasteiger partial charge in [0.15, 0.2) is 0 Å². The smallest absolute Gasteiger partial charge is 0.327 e. The number of unbranched alkanes of at least 4 members (excludes halogenated alkanes) is 3. The maximum absolute atomic E-state index is 11.1. The molecule has 1 aromatic heterocycles. The number of nitrogens with zero attached hydrogens (tertiary/aromatic N) is 4. The van der Waals surface area contributed by atoms with Crippen LogP contribution in [0, 0.1) is 0 Å². The van der Waals surface area contributed by atoms with E-state index < -0.39 is 0 Å². The standard InChI is InChI=1S/C10H18N4O3S/c1-17-9(16)8-14-10(11-12-13-14)18-7-5-3-2-4-6-15/h15H,2-8H2,1H3. The minimum Gasteiger partial charge on any atom is -0.468 e. The zero-order valence-corrected chi connectivity index (χ0v) is 11.2. The molecule has 1 N–H and O–H groups in total. The summed E-state index contributed by atoms with van der Waals surface area (Å²) in [5.74, 6) is 0.527. The summed E-state index contributed by atoms with van der Waals surface area (Å²) in [7, 11) is 1.33. The number of aromatic nitrogens is 4. The number of carbonyl (C=O) groups is 1. The highest BCUT2D eigenvalue weighted by Gasteiger charge is 2.10. The zero-order chi connectivity index (χ0) is 13.2. The fourth-order valence-corrected chi connectivity index (χ4v) is 2.19. The average Bonchev–Trinajstić information content (AvgIpc) is 2.81. The molecule has 18 heavy (non-hydrogen) atoms. The van der Waals surface area contributed by atoms with Crippen LogP contribution in [0.1, 0.15) is 25.7 Å². The molecule has 0 radical (unpaired) electrons. The van der Waals surface area contributed by atoms with E-state index in [1.807, 2.05) is 0 Å². The van der Waals surface area contributed by atoms with E-state index in [-0.39, 0.29) is 19.1 Å². The van der Waals surface area contributed by atoms with Crippen molar-refractivity contribution >= 4 is 17.7 Å². The van der Waals surface area contributed by atoms with Crippen molar-refractivity contribution in [3.63, 3.8) is 0 Å². The number of rotatable bonds is 9. The van der Waals surface area contributed by atoms with E-state index in [9.17, 15) is 4.79 Å². The molecule has 0 unspecified atom stereocenters. The lowest BCUT2D eigenvalue weighted by molar-refractivity contribution is -0.141. The monoisotopic (exact) mass is 274 g/mol. The van der Waals surface area contributed by atoms with Crippen LogP contribution in [-0.4, -0.2) is 50.8 Å². The second-order valence-corrected chi connectivity index (χ2v) is 4.74. The molecular formula is C10H18N4O3S. The van der Waals surface area contributed by atoms with Gasteiger partial charge in [0.25, 0.3) is 0 Å². The van der Waals surface area contributed by atoms with Gasteiger partial charge in [0.2, 0.25) is 5.16 Å². The van der Waals surface area contributed by atoms with Gasteiger partial charge in [0.1, 0.15) is 6.54 Å². The third-order valence-corrected chi connectivity index (χ3v) is 3.33. The summed E-state index contributed by atoms with van der Waals surface area (Å²) < 4.78 is 5.99. The van der Waals surface area contributed by atoms with E-state index in [0.717, 1.165) is 31.4 Å². The van der Waals surface area contributed by atoms with Crippen molar-refractivity contribution < 1.29 is 14.6 Å². The van der Waals surface area contributed by atoms with E-state index in [1.54, 1.807) is 0 Å². The third-order valence-electron chi connectivity index (χ3n) is 2.29. The molecule has 102 valence electrons. The number of aliphatic hydroxyl groups is 1. The summed E-state index contributed by atoms with van der Waals surface area (Å²) in [6.45, 7) is 0.293. The van der Waals surface area contributed by atoms with Crippen LogP contribution in [0.5, 0.6) is 0 Å². The molecule has 0 aliphatic carbocycles. The summed E-state index contributed by atoms with van der Waals surface area (Å²) in [5, 5.41) is 20.4. The van der Waals surface area contributed by atoms with Crippen LogP contribution in [0.15, 0.2) is 5.16 Å². The molecular weight excluding hydrogens is 256 g/mol. The first kappa shape index (κ1) is 14.9. The van der Waals surface area contributed by atoms with Crippen molar-refractivity contribution in [2.24, 2.45) is 0 Å². The van der Waals surface area contributed by atoms with Gasteiger partial charge in [-0.3, -0.25) is 4.79 Å². The number of esters is 1. The maximum atomic E-state index is 11.1. The van der Waals surface area contributed by atoms with Gasteiger partial charge in [-0.25, -0.2) is 4.68 Å².